The van der Waals surface area contributed by atoms with Crippen molar-refractivity contribution in [2.75, 3.05) is 33.3 Å². The number of aliphatic carboxylic acids is 1. The first kappa shape index (κ1) is 32.1. The lowest BCUT2D eigenvalue weighted by atomic mass is 9.88. The van der Waals surface area contributed by atoms with Gasteiger partial charge >= 0.3 is 11.9 Å². The molecule has 1 fully saturated rings. The molecule has 1 aliphatic rings. The number of carboxylic acid groups (broad SMARTS) is 1. The number of aryl methyl sites for hydroxylation is 1. The number of hydrogen-bond donors (Lipinski definition) is 3. The van der Waals surface area contributed by atoms with Crippen LogP contribution in [0.15, 0.2) is 36.5 Å². The van der Waals surface area contributed by atoms with E-state index in [1.165, 1.54) is 17.9 Å². The van der Waals surface area contributed by atoms with E-state index in [-0.39, 0.29) is 44.3 Å². The summed E-state index contributed by atoms with van der Waals surface area (Å²) in [6.07, 6.45) is 2.35. The number of carboxylic acids is 1. The molecule has 2 aromatic heterocycles. The lowest BCUT2D eigenvalue weighted by Crippen LogP contribution is -2.40. The number of benzene rings is 2. The summed E-state index contributed by atoms with van der Waals surface area (Å²) in [6.45, 7) is -0.129. The van der Waals surface area contributed by atoms with Crippen molar-refractivity contribution in [3.63, 3.8) is 0 Å². The van der Waals surface area contributed by atoms with Crippen LogP contribution in [0.25, 0.3) is 32.9 Å². The van der Waals surface area contributed by atoms with Gasteiger partial charge in [0.05, 0.1) is 43.0 Å². The molecule has 0 aliphatic carbocycles. The van der Waals surface area contributed by atoms with Gasteiger partial charge in [-0.3, -0.25) is 33.3 Å². The number of likely N-dealkylation sites (tertiary alicyclic amines) is 1. The molecule has 4 aromatic rings. The number of hydrogen-bond acceptors (Lipinski definition) is 8. The molecule has 2 aromatic carbocycles. The highest BCUT2D eigenvalue weighted by Gasteiger charge is 2.29. The van der Waals surface area contributed by atoms with Crippen LogP contribution in [0.2, 0.25) is 0 Å². The van der Waals surface area contributed by atoms with Gasteiger partial charge in [0.15, 0.2) is 0 Å². The van der Waals surface area contributed by atoms with Crippen molar-refractivity contribution in [2.45, 2.75) is 38.1 Å². The molecule has 3 amide bonds. The van der Waals surface area contributed by atoms with Gasteiger partial charge in [-0.25, -0.2) is 4.39 Å². The lowest BCUT2D eigenvalue weighted by molar-refractivity contribution is -0.141. The van der Waals surface area contributed by atoms with Crippen LogP contribution in [-0.2, 0) is 42.3 Å². The average Bonchev–Trinajstić information content (AvgIpc) is 3.60. The minimum atomic E-state index is -1.03. The summed E-state index contributed by atoms with van der Waals surface area (Å²) < 4.78 is 23.3. The number of carbonyl (C=O) groups is 5. The van der Waals surface area contributed by atoms with Crippen molar-refractivity contribution in [2.24, 2.45) is 7.05 Å². The number of halogens is 1. The fourth-order valence-electron chi connectivity index (χ4n) is 5.72. The summed E-state index contributed by atoms with van der Waals surface area (Å²) in [5, 5.41) is 24.2. The summed E-state index contributed by atoms with van der Waals surface area (Å²) >= 11 is 0. The Balaban J connectivity index is 1.45. The van der Waals surface area contributed by atoms with Gasteiger partial charge in [-0.2, -0.15) is 10.2 Å². The highest BCUT2D eigenvalue weighted by molar-refractivity contribution is 6.00. The van der Waals surface area contributed by atoms with Crippen molar-refractivity contribution < 1.29 is 38.2 Å². The Bertz CT molecular complexity index is 1820. The lowest BCUT2D eigenvalue weighted by Gasteiger charge is -2.31. The van der Waals surface area contributed by atoms with E-state index in [9.17, 15) is 24.0 Å². The van der Waals surface area contributed by atoms with Crippen molar-refractivity contribution in [3.8, 4) is 11.1 Å². The topological polar surface area (TPSA) is 178 Å². The first-order valence-electron chi connectivity index (χ1n) is 14.8. The average molecular weight is 636 g/mol. The molecular weight excluding hydrogens is 601 g/mol. The Kier molecular flexibility index (Phi) is 9.58. The quantitative estimate of drug-likeness (QED) is 0.207. The number of fused-ring (bicyclic) bond motifs is 2. The van der Waals surface area contributed by atoms with E-state index >= 15 is 4.39 Å². The molecule has 0 radical (unpaired) electrons. The predicted molar refractivity (Wildman–Crippen MR) is 163 cm³/mol. The van der Waals surface area contributed by atoms with E-state index < -0.39 is 29.6 Å². The number of esters is 1. The van der Waals surface area contributed by atoms with Gasteiger partial charge in [0.1, 0.15) is 18.9 Å². The second-order valence-electron chi connectivity index (χ2n) is 11.1. The highest BCUT2D eigenvalue weighted by atomic mass is 19.1. The number of carbonyl (C=O) groups excluding carboxylic acids is 4. The molecule has 1 saturated heterocycles. The third-order valence-corrected chi connectivity index (χ3v) is 8.11. The SMILES string of the molecule is COC(=O)CNC(=O)CNC(=O)Cn1nc(C2CCN(C(=O)CCC(=O)O)CC2)c2c(-c3cc4c(cnn4C)cc3F)cccc21. The molecule has 242 valence electrons. The number of ether oxygens (including phenoxy) is 1. The second-order valence-corrected chi connectivity index (χ2v) is 11.1. The van der Waals surface area contributed by atoms with Crippen LogP contribution in [0, 0.1) is 5.82 Å². The maximum atomic E-state index is 15.6. The van der Waals surface area contributed by atoms with Gasteiger partial charge in [-0.15, -0.1) is 0 Å². The Morgan fingerprint density at radius 2 is 1.74 bits per heavy atom. The van der Waals surface area contributed by atoms with Gasteiger partial charge in [-0.05, 0) is 36.6 Å². The third-order valence-electron chi connectivity index (χ3n) is 8.11. The molecule has 3 N–H and O–H groups in total. The van der Waals surface area contributed by atoms with Gasteiger partial charge in [-0.1, -0.05) is 12.1 Å². The van der Waals surface area contributed by atoms with E-state index in [0.29, 0.717) is 59.0 Å². The molecule has 0 saturated carbocycles. The molecule has 15 heteroatoms. The van der Waals surface area contributed by atoms with Crippen LogP contribution in [0.5, 0.6) is 0 Å². The molecule has 0 spiro atoms. The maximum Gasteiger partial charge on any atom is 0.325 e. The molecule has 46 heavy (non-hydrogen) atoms. The highest BCUT2D eigenvalue weighted by Crippen LogP contribution is 2.39. The monoisotopic (exact) mass is 635 g/mol. The van der Waals surface area contributed by atoms with Crippen molar-refractivity contribution in [1.29, 1.82) is 0 Å². The van der Waals surface area contributed by atoms with Gasteiger partial charge < -0.3 is 25.4 Å². The van der Waals surface area contributed by atoms with E-state index in [1.54, 1.807) is 47.1 Å². The van der Waals surface area contributed by atoms with E-state index in [2.05, 4.69) is 20.5 Å². The zero-order valence-electron chi connectivity index (χ0n) is 25.4. The van der Waals surface area contributed by atoms with Gasteiger partial charge in [0, 0.05) is 48.8 Å². The van der Waals surface area contributed by atoms with Crippen LogP contribution in [-0.4, -0.2) is 92.5 Å². The van der Waals surface area contributed by atoms with Crippen molar-refractivity contribution >= 4 is 51.5 Å². The van der Waals surface area contributed by atoms with Crippen LogP contribution >= 0.6 is 0 Å². The Morgan fingerprint density at radius 1 is 1.00 bits per heavy atom. The Labute approximate surface area is 262 Å². The van der Waals surface area contributed by atoms with Crippen LogP contribution in [0.1, 0.15) is 37.3 Å². The largest absolute Gasteiger partial charge is 0.481 e. The molecule has 0 bridgehead atoms. The number of aromatic nitrogens is 4. The van der Waals surface area contributed by atoms with Crippen LogP contribution in [0.3, 0.4) is 0 Å². The van der Waals surface area contributed by atoms with E-state index in [4.69, 9.17) is 10.2 Å². The van der Waals surface area contributed by atoms with Crippen LogP contribution in [0.4, 0.5) is 4.39 Å². The second kappa shape index (κ2) is 13.7. The summed E-state index contributed by atoms with van der Waals surface area (Å²) in [5.74, 6) is -3.54. The number of piperidine rings is 1. The number of methoxy groups -OCH3 is 1. The number of rotatable bonds is 11. The predicted octanol–water partition coefficient (Wildman–Crippen LogP) is 1.71. The minimum Gasteiger partial charge on any atom is -0.481 e. The molecular formula is C31H34FN7O7. The van der Waals surface area contributed by atoms with Gasteiger partial charge in [0.25, 0.3) is 0 Å². The molecule has 14 nitrogen and oxygen atoms in total. The zero-order chi connectivity index (χ0) is 33.0. The Hall–Kier alpha value is -5.34. The fourth-order valence-corrected chi connectivity index (χ4v) is 5.72. The maximum absolute atomic E-state index is 15.6. The third kappa shape index (κ3) is 6.98. The van der Waals surface area contributed by atoms with E-state index in [1.807, 2.05) is 0 Å². The first-order valence-corrected chi connectivity index (χ1v) is 14.8. The normalized spacial score (nSPS) is 13.6. The summed E-state index contributed by atoms with van der Waals surface area (Å²) in [4.78, 5) is 61.4. The fraction of sp³-hybridized carbons (Fsp3) is 0.387. The molecule has 0 unspecified atom stereocenters. The Morgan fingerprint density at radius 3 is 2.46 bits per heavy atom. The molecule has 3 heterocycles. The van der Waals surface area contributed by atoms with Crippen molar-refractivity contribution in [3.05, 3.63) is 48.0 Å². The molecule has 1 aliphatic heterocycles. The van der Waals surface area contributed by atoms with E-state index in [0.717, 1.165) is 5.52 Å². The molecule has 0 atom stereocenters. The summed E-state index contributed by atoms with van der Waals surface area (Å²) in [7, 11) is 2.97. The first-order chi connectivity index (χ1) is 22.0. The minimum absolute atomic E-state index is 0.0761. The zero-order valence-corrected chi connectivity index (χ0v) is 25.4. The summed E-state index contributed by atoms with van der Waals surface area (Å²) in [6, 6.07) is 8.51. The standard InChI is InChI=1S/C31H34FN7O7/c1-37-24-13-21(22(32)12-19(24)14-35-37)20-4-3-5-23-30(20)31(18-8-10-38(11-9-18)27(42)6-7-28(43)44)36-39(23)17-26(41)33-15-25(40)34-16-29(45)46-2/h3-5,12-14,18H,6-11,15-17H2,1-2H3,(H,33,41)(H,34,40)(H,43,44). The van der Waals surface area contributed by atoms with Crippen LogP contribution < -0.4 is 10.6 Å². The molecule has 5 rings (SSSR count). The number of amides is 3. The smallest absolute Gasteiger partial charge is 0.325 e. The van der Waals surface area contributed by atoms with Crippen molar-refractivity contribution in [1.82, 2.24) is 35.1 Å². The number of nitrogens with zero attached hydrogens (tertiary/aromatic N) is 5. The number of nitrogens with one attached hydrogen (secondary N) is 2. The van der Waals surface area contributed by atoms with Gasteiger partial charge in [0.2, 0.25) is 17.7 Å². The summed E-state index contributed by atoms with van der Waals surface area (Å²) in [5.41, 5.74) is 2.90.